The quantitative estimate of drug-likeness (QED) is 0.0320. The van der Waals surface area contributed by atoms with Crippen LogP contribution in [0.25, 0.3) is 0 Å². The van der Waals surface area contributed by atoms with E-state index in [4.69, 9.17) is 4.74 Å². The lowest BCUT2D eigenvalue weighted by molar-refractivity contribution is -0.143. The molecule has 78 heavy (non-hydrogen) atoms. The van der Waals surface area contributed by atoms with Crippen molar-refractivity contribution in [3.8, 4) is 0 Å². The third kappa shape index (κ3) is 63.8. The Hall–Kier alpha value is -1.40. The number of hydrogen-bond donors (Lipinski definition) is 3. The summed E-state index contributed by atoms with van der Waals surface area (Å²) in [7, 11) is 0. The number of hydrogen-bond acceptors (Lipinski definition) is 5. The van der Waals surface area contributed by atoms with Crippen LogP contribution in [0.15, 0.2) is 12.2 Å². The molecular formula is C72H141NO5. The van der Waals surface area contributed by atoms with Gasteiger partial charge in [-0.05, 0) is 32.1 Å². The number of unbranched alkanes of at least 4 members (excludes halogenated alkanes) is 57. The number of nitrogens with one attached hydrogen (secondary N) is 1. The molecule has 0 aliphatic rings. The Morgan fingerprint density at radius 3 is 0.872 bits per heavy atom. The second-order valence-corrected chi connectivity index (χ2v) is 24.9. The van der Waals surface area contributed by atoms with Crippen LogP contribution in [0.2, 0.25) is 0 Å². The Balaban J connectivity index is 3.39. The van der Waals surface area contributed by atoms with Crippen molar-refractivity contribution in [1.82, 2.24) is 5.32 Å². The smallest absolute Gasteiger partial charge is 0.305 e. The Labute approximate surface area is 489 Å². The molecule has 0 spiro atoms. The highest BCUT2D eigenvalue weighted by atomic mass is 16.5. The van der Waals surface area contributed by atoms with E-state index in [2.05, 4.69) is 19.2 Å². The third-order valence-electron chi connectivity index (χ3n) is 17.1. The van der Waals surface area contributed by atoms with Crippen molar-refractivity contribution in [2.24, 2.45) is 0 Å². The lowest BCUT2D eigenvalue weighted by Crippen LogP contribution is -2.45. The molecule has 0 aliphatic heterocycles. The molecule has 0 aromatic heterocycles. The van der Waals surface area contributed by atoms with Gasteiger partial charge in [-0.15, -0.1) is 0 Å². The van der Waals surface area contributed by atoms with Crippen molar-refractivity contribution in [2.45, 2.75) is 424 Å². The predicted molar refractivity (Wildman–Crippen MR) is 343 cm³/mol. The molecule has 0 fully saturated rings. The summed E-state index contributed by atoms with van der Waals surface area (Å²) in [6.45, 7) is 4.95. The van der Waals surface area contributed by atoms with Crippen molar-refractivity contribution >= 4 is 11.9 Å². The molecule has 2 unspecified atom stereocenters. The second kappa shape index (κ2) is 68.1. The molecule has 0 saturated carbocycles. The monoisotopic (exact) mass is 1100 g/mol. The van der Waals surface area contributed by atoms with Crippen molar-refractivity contribution < 1.29 is 24.5 Å². The summed E-state index contributed by atoms with van der Waals surface area (Å²) in [5, 5.41) is 23.3. The number of carbonyl (C=O) groups is 2. The molecule has 6 heteroatoms. The topological polar surface area (TPSA) is 95.9 Å². The van der Waals surface area contributed by atoms with Gasteiger partial charge in [-0.2, -0.15) is 0 Å². The minimum absolute atomic E-state index is 0.0167. The van der Waals surface area contributed by atoms with Crippen molar-refractivity contribution in [2.75, 3.05) is 13.2 Å². The van der Waals surface area contributed by atoms with Gasteiger partial charge in [0.25, 0.3) is 0 Å². The number of carbonyl (C=O) groups excluding carboxylic acids is 2. The zero-order chi connectivity index (χ0) is 56.4. The summed E-state index contributed by atoms with van der Waals surface area (Å²) in [6.07, 6.45) is 84.4. The molecule has 0 aromatic carbocycles. The average Bonchev–Trinajstić information content (AvgIpc) is 3.44. The molecule has 1 amide bonds. The maximum absolute atomic E-state index is 12.5. The van der Waals surface area contributed by atoms with Crippen LogP contribution in [0.4, 0.5) is 0 Å². The first-order chi connectivity index (χ1) is 38.5. The van der Waals surface area contributed by atoms with E-state index in [9.17, 15) is 19.8 Å². The Morgan fingerprint density at radius 2 is 0.590 bits per heavy atom. The molecular weight excluding hydrogens is 959 g/mol. The van der Waals surface area contributed by atoms with Crippen molar-refractivity contribution in [1.29, 1.82) is 0 Å². The molecule has 0 bridgehead atoms. The molecule has 0 radical (unpaired) electrons. The molecule has 0 aliphatic carbocycles. The van der Waals surface area contributed by atoms with E-state index in [1.165, 1.54) is 347 Å². The highest BCUT2D eigenvalue weighted by Crippen LogP contribution is 2.19. The van der Waals surface area contributed by atoms with Crippen LogP contribution in [0, 0.1) is 0 Å². The third-order valence-corrected chi connectivity index (χ3v) is 17.1. The number of amides is 1. The van der Waals surface area contributed by atoms with Gasteiger partial charge in [0.1, 0.15) is 0 Å². The largest absolute Gasteiger partial charge is 0.466 e. The van der Waals surface area contributed by atoms with E-state index in [1.54, 1.807) is 6.08 Å². The molecule has 0 saturated heterocycles. The van der Waals surface area contributed by atoms with Crippen LogP contribution in [-0.4, -0.2) is 47.4 Å². The highest BCUT2D eigenvalue weighted by molar-refractivity contribution is 5.76. The molecule has 6 nitrogen and oxygen atoms in total. The number of allylic oxidation sites excluding steroid dienone is 1. The van der Waals surface area contributed by atoms with E-state index >= 15 is 0 Å². The zero-order valence-electron chi connectivity index (χ0n) is 53.2. The predicted octanol–water partition coefficient (Wildman–Crippen LogP) is 23.1. The minimum atomic E-state index is -0.844. The fourth-order valence-corrected chi connectivity index (χ4v) is 11.6. The number of rotatable bonds is 68. The first-order valence-corrected chi connectivity index (χ1v) is 36.0. The lowest BCUT2D eigenvalue weighted by Gasteiger charge is -2.20. The van der Waals surface area contributed by atoms with Crippen LogP contribution >= 0.6 is 0 Å². The lowest BCUT2D eigenvalue weighted by atomic mass is 10.0. The maximum Gasteiger partial charge on any atom is 0.305 e. The zero-order valence-corrected chi connectivity index (χ0v) is 53.2. The first kappa shape index (κ1) is 76.6. The summed E-state index contributed by atoms with van der Waals surface area (Å²) in [4.78, 5) is 24.6. The fraction of sp³-hybridized carbons (Fsp3) is 0.944. The summed E-state index contributed by atoms with van der Waals surface area (Å²) < 4.78 is 5.48. The first-order valence-electron chi connectivity index (χ1n) is 36.0. The summed E-state index contributed by atoms with van der Waals surface area (Å²) in [5.74, 6) is -0.0442. The van der Waals surface area contributed by atoms with Gasteiger partial charge in [0.15, 0.2) is 0 Å². The normalized spacial score (nSPS) is 12.5. The van der Waals surface area contributed by atoms with E-state index in [0.717, 1.165) is 38.5 Å². The van der Waals surface area contributed by atoms with E-state index in [1.807, 2.05) is 6.08 Å². The SMILES string of the molecule is CCCCCCCCCCCCCCCCCCCCCCCCC/C=C/C(O)C(CO)NC(=O)CCCCCCCCCCCCCCCCCCCCCCCCCCCOC(=O)CCCCCCCCCCCCC. The molecule has 464 valence electrons. The van der Waals surface area contributed by atoms with Gasteiger partial charge in [0, 0.05) is 12.8 Å². The Bertz CT molecular complexity index is 1180. The Morgan fingerprint density at radius 1 is 0.346 bits per heavy atom. The van der Waals surface area contributed by atoms with Gasteiger partial charge >= 0.3 is 5.97 Å². The van der Waals surface area contributed by atoms with Crippen LogP contribution < -0.4 is 5.32 Å². The van der Waals surface area contributed by atoms with Gasteiger partial charge < -0.3 is 20.3 Å². The van der Waals surface area contributed by atoms with Crippen LogP contribution in [0.1, 0.15) is 412 Å². The van der Waals surface area contributed by atoms with E-state index in [0.29, 0.717) is 19.4 Å². The van der Waals surface area contributed by atoms with Gasteiger partial charge in [-0.3, -0.25) is 9.59 Å². The van der Waals surface area contributed by atoms with Gasteiger partial charge in [0.2, 0.25) is 5.91 Å². The maximum atomic E-state index is 12.5. The Kier molecular flexibility index (Phi) is 66.9. The fourth-order valence-electron chi connectivity index (χ4n) is 11.6. The molecule has 0 aromatic rings. The van der Waals surface area contributed by atoms with Gasteiger partial charge in [-0.1, -0.05) is 379 Å². The van der Waals surface area contributed by atoms with Gasteiger partial charge in [0.05, 0.1) is 25.4 Å². The summed E-state index contributed by atoms with van der Waals surface area (Å²) in [5.41, 5.74) is 0. The number of aliphatic hydroxyl groups excluding tert-OH is 2. The van der Waals surface area contributed by atoms with Crippen LogP contribution in [0.5, 0.6) is 0 Å². The van der Waals surface area contributed by atoms with Crippen molar-refractivity contribution in [3.63, 3.8) is 0 Å². The molecule has 0 rings (SSSR count). The molecule has 3 N–H and O–H groups in total. The standard InChI is InChI=1S/C72H141NO5/c1-3-5-7-9-11-13-15-16-17-18-19-20-21-23-26-29-32-35-38-41-45-48-52-56-60-64-70(75)69(68-74)73-71(76)65-61-57-53-49-46-42-39-36-33-30-27-24-22-25-28-31-34-37-40-43-47-51-55-59-63-67-78-72(77)66-62-58-54-50-44-14-12-10-8-6-4-2/h60,64,69-70,74-75H,3-59,61-63,65-68H2,1-2H3,(H,73,76)/b64-60+. The summed E-state index contributed by atoms with van der Waals surface area (Å²) in [6, 6.07) is -0.627. The molecule has 0 heterocycles. The molecule has 2 atom stereocenters. The summed E-state index contributed by atoms with van der Waals surface area (Å²) >= 11 is 0. The number of aliphatic hydroxyl groups is 2. The number of esters is 1. The highest BCUT2D eigenvalue weighted by Gasteiger charge is 2.18. The van der Waals surface area contributed by atoms with Crippen LogP contribution in [0.3, 0.4) is 0 Å². The van der Waals surface area contributed by atoms with Crippen molar-refractivity contribution in [3.05, 3.63) is 12.2 Å². The van der Waals surface area contributed by atoms with E-state index in [-0.39, 0.29) is 18.5 Å². The minimum Gasteiger partial charge on any atom is -0.466 e. The van der Waals surface area contributed by atoms with E-state index < -0.39 is 12.1 Å². The second-order valence-electron chi connectivity index (χ2n) is 24.9. The van der Waals surface area contributed by atoms with Gasteiger partial charge in [-0.25, -0.2) is 0 Å². The van der Waals surface area contributed by atoms with Crippen LogP contribution in [-0.2, 0) is 14.3 Å². The number of ether oxygens (including phenoxy) is 1. The average molecular weight is 1100 g/mol.